The van der Waals surface area contributed by atoms with Gasteiger partial charge in [0.25, 0.3) is 10.0 Å². The molecule has 3 heterocycles. The number of alkyl halides is 5. The summed E-state index contributed by atoms with van der Waals surface area (Å²) in [6.45, 7) is 2.40. The van der Waals surface area contributed by atoms with Crippen LogP contribution in [0.25, 0.3) is 11.3 Å². The molecule has 1 saturated heterocycles. The number of nitrogens with one attached hydrogen (secondary N) is 1. The van der Waals surface area contributed by atoms with E-state index in [9.17, 15) is 21.6 Å². The highest BCUT2D eigenvalue weighted by molar-refractivity contribution is 7.92. The Morgan fingerprint density at radius 1 is 0.977 bits per heavy atom. The third kappa shape index (κ3) is 6.24. The highest BCUT2D eigenvalue weighted by Gasteiger charge is 2.62. The second-order valence-corrected chi connectivity index (χ2v) is 12.3. The maximum absolute atomic E-state index is 15.4. The molecule has 0 radical (unpaired) electrons. The number of ether oxygens (including phenoxy) is 1. The lowest BCUT2D eigenvalue weighted by Gasteiger charge is -2.32. The van der Waals surface area contributed by atoms with Crippen LogP contribution in [0.2, 0.25) is 0 Å². The van der Waals surface area contributed by atoms with E-state index >= 15 is 8.78 Å². The minimum atomic E-state index is -6.06. The Balaban J connectivity index is 1.67. The van der Waals surface area contributed by atoms with Crippen LogP contribution in [0.1, 0.15) is 42.0 Å². The van der Waals surface area contributed by atoms with E-state index < -0.39 is 45.2 Å². The van der Waals surface area contributed by atoms with E-state index in [1.54, 1.807) is 18.2 Å². The Kier molecular flexibility index (Phi) is 8.37. The molecule has 0 bridgehead atoms. The Bertz CT molecular complexity index is 1760. The number of piperidine rings is 1. The third-order valence-electron chi connectivity index (χ3n) is 7.41. The van der Waals surface area contributed by atoms with E-state index in [0.29, 0.717) is 5.56 Å². The van der Waals surface area contributed by atoms with Gasteiger partial charge in [-0.2, -0.15) is 32.0 Å². The Labute approximate surface area is 250 Å². The largest absolute Gasteiger partial charge is 0.458 e. The number of benzene rings is 2. The third-order valence-corrected chi connectivity index (χ3v) is 8.70. The first-order valence-corrected chi connectivity index (χ1v) is 15.1. The number of aromatic nitrogens is 4. The molecule has 4 aromatic rings. The quantitative estimate of drug-likeness (QED) is 0.218. The number of hydrogen-bond acceptors (Lipinski definition) is 7. The van der Waals surface area contributed by atoms with Crippen molar-refractivity contribution in [3.63, 3.8) is 0 Å². The van der Waals surface area contributed by atoms with Crippen LogP contribution in [0.3, 0.4) is 0 Å². The van der Waals surface area contributed by atoms with Crippen LogP contribution in [-0.4, -0.2) is 52.8 Å². The topological polar surface area (TPSA) is 102 Å². The first-order chi connectivity index (χ1) is 20.7. The molecule has 44 heavy (non-hydrogen) atoms. The van der Waals surface area contributed by atoms with Crippen molar-refractivity contribution in [2.45, 2.75) is 49.2 Å². The molecule has 234 valence electrons. The Morgan fingerprint density at radius 2 is 1.68 bits per heavy atom. The standard InChI is InChI=1S/C29H29F5N6O3S/c1-18-8-4-5-9-22(18)25-24(28(30,31)29(32,33)34)26(37-27(36-25)38-44(41,42)21-16-35-40(3)17-21)43-20-13-11-19(12-14-20)23-10-6-7-15-39(23)2/h4-5,8-9,11-14,16-17,23H,6-7,10,15H2,1-3H3,(H,36,37,38). The van der Waals surface area contributed by atoms with Crippen LogP contribution < -0.4 is 9.46 Å². The first kappa shape index (κ1) is 31.3. The normalized spacial score (nSPS) is 16.6. The Morgan fingerprint density at radius 3 is 2.30 bits per heavy atom. The molecule has 1 N–H and O–H groups in total. The van der Waals surface area contributed by atoms with Crippen molar-refractivity contribution >= 4 is 16.0 Å². The van der Waals surface area contributed by atoms with Crippen LogP contribution in [-0.2, 0) is 23.0 Å². The predicted octanol–water partition coefficient (Wildman–Crippen LogP) is 6.59. The lowest BCUT2D eigenvalue weighted by atomic mass is 9.96. The number of aryl methyl sites for hydroxylation is 2. The minimum absolute atomic E-state index is 0.0815. The van der Waals surface area contributed by atoms with Crippen LogP contribution in [0.15, 0.2) is 65.8 Å². The number of sulfonamides is 1. The molecule has 0 amide bonds. The van der Waals surface area contributed by atoms with Gasteiger partial charge in [-0.15, -0.1) is 0 Å². The lowest BCUT2D eigenvalue weighted by molar-refractivity contribution is -0.289. The number of likely N-dealkylation sites (tertiary alicyclic amines) is 1. The van der Waals surface area contributed by atoms with Gasteiger partial charge in [-0.3, -0.25) is 9.58 Å². The molecule has 1 aliphatic rings. The number of halogens is 5. The van der Waals surface area contributed by atoms with E-state index in [-0.39, 0.29) is 22.3 Å². The average molecular weight is 637 g/mol. The minimum Gasteiger partial charge on any atom is -0.438 e. The van der Waals surface area contributed by atoms with Crippen LogP contribution in [0.5, 0.6) is 11.6 Å². The van der Waals surface area contributed by atoms with E-state index in [4.69, 9.17) is 4.74 Å². The van der Waals surface area contributed by atoms with Crippen LogP contribution >= 0.6 is 0 Å². The molecule has 0 aliphatic carbocycles. The van der Waals surface area contributed by atoms with Gasteiger partial charge < -0.3 is 4.74 Å². The van der Waals surface area contributed by atoms with Gasteiger partial charge >= 0.3 is 12.1 Å². The number of hydrogen-bond donors (Lipinski definition) is 1. The summed E-state index contributed by atoms with van der Waals surface area (Å²) in [5.74, 6) is -7.50. The smallest absolute Gasteiger partial charge is 0.438 e. The molecule has 2 aromatic carbocycles. The Hall–Kier alpha value is -4.11. The summed E-state index contributed by atoms with van der Waals surface area (Å²) in [6, 6.07) is 12.2. The summed E-state index contributed by atoms with van der Waals surface area (Å²) < 4.78 is 107. The fourth-order valence-electron chi connectivity index (χ4n) is 5.10. The first-order valence-electron chi connectivity index (χ1n) is 13.6. The van der Waals surface area contributed by atoms with Crippen LogP contribution in [0, 0.1) is 6.92 Å². The monoisotopic (exact) mass is 636 g/mol. The molecule has 0 spiro atoms. The molecular weight excluding hydrogens is 607 g/mol. The summed E-state index contributed by atoms with van der Waals surface area (Å²) in [6.07, 6.45) is -0.862. The van der Waals surface area contributed by atoms with Crippen molar-refractivity contribution in [1.29, 1.82) is 0 Å². The van der Waals surface area contributed by atoms with E-state index in [2.05, 4.69) is 24.7 Å². The van der Waals surface area contributed by atoms with Crippen LogP contribution in [0.4, 0.5) is 27.9 Å². The average Bonchev–Trinajstić information content (AvgIpc) is 3.40. The molecule has 5 rings (SSSR count). The van der Waals surface area contributed by atoms with Gasteiger partial charge in [0.2, 0.25) is 11.8 Å². The molecule has 1 unspecified atom stereocenters. The van der Waals surface area contributed by atoms with Crippen molar-refractivity contribution in [2.75, 3.05) is 18.3 Å². The van der Waals surface area contributed by atoms with Crippen molar-refractivity contribution < 1.29 is 35.1 Å². The summed E-state index contributed by atoms with van der Waals surface area (Å²) in [7, 11) is -0.956. The zero-order valence-corrected chi connectivity index (χ0v) is 24.8. The number of anilines is 1. The number of rotatable bonds is 8. The van der Waals surface area contributed by atoms with Gasteiger partial charge in [-0.25, -0.2) is 18.1 Å². The molecule has 9 nitrogen and oxygen atoms in total. The maximum atomic E-state index is 15.4. The summed E-state index contributed by atoms with van der Waals surface area (Å²) in [5, 5.41) is 3.80. The summed E-state index contributed by atoms with van der Waals surface area (Å²) in [5.41, 5.74) is -1.37. The van der Waals surface area contributed by atoms with Crippen molar-refractivity contribution in [1.82, 2.24) is 24.6 Å². The molecule has 1 fully saturated rings. The van der Waals surface area contributed by atoms with Gasteiger partial charge in [-0.1, -0.05) is 42.8 Å². The van der Waals surface area contributed by atoms with E-state index in [0.717, 1.165) is 37.6 Å². The van der Waals surface area contributed by atoms with E-state index in [1.807, 2.05) is 7.05 Å². The molecular formula is C29H29F5N6O3S. The SMILES string of the molecule is Cc1ccccc1-c1nc(NS(=O)(=O)c2cnn(C)c2)nc(Oc2ccc(C3CCCCN3C)cc2)c1C(F)(F)C(F)(F)F. The van der Waals surface area contributed by atoms with Gasteiger partial charge in [0.15, 0.2) is 0 Å². The highest BCUT2D eigenvalue weighted by Crippen LogP contribution is 2.51. The van der Waals surface area contributed by atoms with Crippen molar-refractivity contribution in [3.05, 3.63) is 77.6 Å². The fraction of sp³-hybridized carbons (Fsp3) is 0.345. The molecule has 2 aromatic heterocycles. The van der Waals surface area contributed by atoms with E-state index in [1.165, 1.54) is 55.2 Å². The molecule has 0 saturated carbocycles. The maximum Gasteiger partial charge on any atom is 0.458 e. The molecule has 1 aliphatic heterocycles. The molecule has 15 heteroatoms. The van der Waals surface area contributed by atoms with Crippen molar-refractivity contribution in [3.8, 4) is 22.9 Å². The second-order valence-electron chi connectivity index (χ2n) is 10.6. The van der Waals surface area contributed by atoms with Crippen molar-refractivity contribution in [2.24, 2.45) is 7.05 Å². The number of nitrogens with zero attached hydrogens (tertiary/aromatic N) is 5. The van der Waals surface area contributed by atoms with Gasteiger partial charge in [-0.05, 0) is 56.6 Å². The zero-order chi connectivity index (χ0) is 31.9. The zero-order valence-electron chi connectivity index (χ0n) is 23.9. The summed E-state index contributed by atoms with van der Waals surface area (Å²) in [4.78, 5) is 9.53. The van der Waals surface area contributed by atoms with Gasteiger partial charge in [0.1, 0.15) is 16.2 Å². The van der Waals surface area contributed by atoms with Gasteiger partial charge in [0, 0.05) is 24.8 Å². The predicted molar refractivity (Wildman–Crippen MR) is 152 cm³/mol. The second kappa shape index (κ2) is 11.8. The van der Waals surface area contributed by atoms with Gasteiger partial charge in [0.05, 0.1) is 11.9 Å². The summed E-state index contributed by atoms with van der Waals surface area (Å²) >= 11 is 0. The highest BCUT2D eigenvalue weighted by atomic mass is 32.2. The lowest BCUT2D eigenvalue weighted by Crippen LogP contribution is -2.35. The fourth-order valence-corrected chi connectivity index (χ4v) is 6.03. The molecule has 1 atom stereocenters.